The summed E-state index contributed by atoms with van der Waals surface area (Å²) in [5.74, 6) is 7.13. The maximum absolute atomic E-state index is 6.14. The van der Waals surface area contributed by atoms with Gasteiger partial charge in [0.05, 0.1) is 11.1 Å². The summed E-state index contributed by atoms with van der Waals surface area (Å²) in [6.45, 7) is 12.9. The topological polar surface area (TPSA) is 83.4 Å². The van der Waals surface area contributed by atoms with Crippen LogP contribution in [0.2, 0.25) is 0 Å². The van der Waals surface area contributed by atoms with Crippen LogP contribution in [-0.4, -0.2) is 20.2 Å². The van der Waals surface area contributed by atoms with Gasteiger partial charge in [-0.1, -0.05) is 32.6 Å². The number of nitrogens with two attached hydrogens (primary N) is 1. The van der Waals surface area contributed by atoms with E-state index in [1.807, 2.05) is 12.3 Å². The van der Waals surface area contributed by atoms with E-state index >= 15 is 0 Å². The second-order valence-corrected chi connectivity index (χ2v) is 9.61. The lowest BCUT2D eigenvalue weighted by molar-refractivity contribution is 0.571. The number of aromatic amines is 2. The number of aromatic nitrogens is 4. The molecule has 4 rings (SSSR count). The van der Waals surface area contributed by atoms with Gasteiger partial charge in [-0.2, -0.15) is 5.10 Å². The van der Waals surface area contributed by atoms with Gasteiger partial charge >= 0.3 is 0 Å². The zero-order valence-electron chi connectivity index (χ0n) is 17.9. The van der Waals surface area contributed by atoms with E-state index in [1.165, 1.54) is 0 Å². The van der Waals surface area contributed by atoms with Gasteiger partial charge in [0.25, 0.3) is 0 Å². The second kappa shape index (κ2) is 6.38. The Morgan fingerprint density at radius 3 is 2.45 bits per heavy atom. The molecule has 3 heterocycles. The van der Waals surface area contributed by atoms with Crippen molar-refractivity contribution >= 4 is 27.8 Å². The molecule has 5 nitrogen and oxygen atoms in total. The maximum atomic E-state index is 6.14. The average molecular weight is 386 g/mol. The molecule has 0 fully saturated rings. The fourth-order valence-corrected chi connectivity index (χ4v) is 3.33. The third-order valence-corrected chi connectivity index (χ3v) is 4.93. The minimum Gasteiger partial charge on any atom is -0.382 e. The van der Waals surface area contributed by atoms with Crippen molar-refractivity contribution in [2.24, 2.45) is 5.41 Å². The standard InChI is InChI=1S/C24H27N5/c1-23(2,3)9-7-14-11-15(12-18-20(14)28-29-21(18)25)16-8-10-26-22-17(16)13-19(27-22)24(4,5)6/h8,10-13H,1-6H3,(H,26,27)(H3,25,28,29). The zero-order chi connectivity index (χ0) is 21.0. The molecule has 0 aliphatic carbocycles. The number of H-pyrrole nitrogens is 2. The molecular weight excluding hydrogens is 358 g/mol. The van der Waals surface area contributed by atoms with Crippen LogP contribution in [0.3, 0.4) is 0 Å². The van der Waals surface area contributed by atoms with Crippen molar-refractivity contribution in [3.05, 3.63) is 41.7 Å². The molecular formula is C24H27N5. The summed E-state index contributed by atoms with van der Waals surface area (Å²) >= 11 is 0. The number of anilines is 1. The number of fused-ring (bicyclic) bond motifs is 2. The van der Waals surface area contributed by atoms with Crippen LogP contribution in [-0.2, 0) is 5.41 Å². The van der Waals surface area contributed by atoms with E-state index in [1.54, 1.807) is 0 Å². The van der Waals surface area contributed by atoms with Crippen LogP contribution >= 0.6 is 0 Å². The number of hydrogen-bond donors (Lipinski definition) is 3. The molecule has 5 heteroatoms. The smallest absolute Gasteiger partial charge is 0.153 e. The van der Waals surface area contributed by atoms with Crippen molar-refractivity contribution in [3.63, 3.8) is 0 Å². The van der Waals surface area contributed by atoms with Crippen LogP contribution in [0.4, 0.5) is 5.82 Å². The van der Waals surface area contributed by atoms with Gasteiger partial charge in [0.15, 0.2) is 5.82 Å². The first kappa shape index (κ1) is 19.1. The molecule has 4 aromatic rings. The van der Waals surface area contributed by atoms with E-state index in [4.69, 9.17) is 5.73 Å². The highest BCUT2D eigenvalue weighted by molar-refractivity contribution is 6.00. The molecule has 0 bridgehead atoms. The minimum absolute atomic E-state index is 0.0141. The summed E-state index contributed by atoms with van der Waals surface area (Å²) in [5, 5.41) is 9.21. The van der Waals surface area contributed by atoms with E-state index < -0.39 is 0 Å². The van der Waals surface area contributed by atoms with Gasteiger partial charge in [-0.25, -0.2) is 4.98 Å². The number of rotatable bonds is 1. The van der Waals surface area contributed by atoms with E-state index in [-0.39, 0.29) is 10.8 Å². The largest absolute Gasteiger partial charge is 0.382 e. The van der Waals surface area contributed by atoms with Crippen LogP contribution in [0.1, 0.15) is 52.8 Å². The summed E-state index contributed by atoms with van der Waals surface area (Å²) in [6, 6.07) is 8.42. The minimum atomic E-state index is -0.0971. The molecule has 0 unspecified atom stereocenters. The van der Waals surface area contributed by atoms with Crippen LogP contribution in [0.15, 0.2) is 30.5 Å². The summed E-state index contributed by atoms with van der Waals surface area (Å²) in [6.07, 6.45) is 1.84. The van der Waals surface area contributed by atoms with Gasteiger partial charge in [-0.3, -0.25) is 5.10 Å². The molecule has 3 aromatic heterocycles. The van der Waals surface area contributed by atoms with Gasteiger partial charge in [-0.15, -0.1) is 0 Å². The van der Waals surface area contributed by atoms with Crippen molar-refractivity contribution in [1.82, 2.24) is 20.2 Å². The van der Waals surface area contributed by atoms with Gasteiger partial charge in [0.2, 0.25) is 0 Å². The van der Waals surface area contributed by atoms with Crippen LogP contribution in [0.25, 0.3) is 33.1 Å². The first-order valence-corrected chi connectivity index (χ1v) is 9.82. The Bertz CT molecular complexity index is 1280. The van der Waals surface area contributed by atoms with Gasteiger partial charge in [0.1, 0.15) is 5.65 Å². The molecule has 0 aliphatic heterocycles. The molecule has 0 atom stereocenters. The average Bonchev–Trinajstić information content (AvgIpc) is 3.23. The quantitative estimate of drug-likeness (QED) is 0.384. The number of nitrogen functional groups attached to an aromatic ring is 1. The van der Waals surface area contributed by atoms with Crippen molar-refractivity contribution in [2.75, 3.05) is 5.73 Å². The Balaban J connectivity index is 1.98. The predicted octanol–water partition coefficient (Wildman–Crippen LogP) is 5.38. The van der Waals surface area contributed by atoms with Crippen molar-refractivity contribution in [1.29, 1.82) is 0 Å². The molecule has 29 heavy (non-hydrogen) atoms. The molecule has 0 amide bonds. The summed E-state index contributed by atoms with van der Waals surface area (Å²) < 4.78 is 0. The zero-order valence-corrected chi connectivity index (χ0v) is 17.9. The highest BCUT2D eigenvalue weighted by Gasteiger charge is 2.19. The van der Waals surface area contributed by atoms with E-state index in [0.717, 1.165) is 44.3 Å². The molecule has 1 aromatic carbocycles. The molecule has 148 valence electrons. The van der Waals surface area contributed by atoms with Crippen LogP contribution in [0, 0.1) is 17.3 Å². The Hall–Kier alpha value is -3.26. The molecule has 0 saturated heterocycles. The Labute approximate surface area is 171 Å². The lowest BCUT2D eigenvalue weighted by Crippen LogP contribution is -2.11. The maximum Gasteiger partial charge on any atom is 0.153 e. The van der Waals surface area contributed by atoms with E-state index in [9.17, 15) is 0 Å². The van der Waals surface area contributed by atoms with Crippen molar-refractivity contribution < 1.29 is 0 Å². The lowest BCUT2D eigenvalue weighted by Gasteiger charge is -2.15. The summed E-state index contributed by atoms with van der Waals surface area (Å²) in [4.78, 5) is 8.00. The highest BCUT2D eigenvalue weighted by Crippen LogP contribution is 2.35. The normalized spacial score (nSPS) is 12.3. The second-order valence-electron chi connectivity index (χ2n) is 9.61. The predicted molar refractivity (Wildman–Crippen MR) is 121 cm³/mol. The molecule has 4 N–H and O–H groups in total. The Morgan fingerprint density at radius 1 is 1.00 bits per heavy atom. The first-order valence-electron chi connectivity index (χ1n) is 9.82. The highest BCUT2D eigenvalue weighted by atomic mass is 15.1. The number of pyridine rings is 1. The molecule has 0 radical (unpaired) electrons. The Morgan fingerprint density at radius 2 is 1.76 bits per heavy atom. The fourth-order valence-electron chi connectivity index (χ4n) is 3.33. The molecule has 0 saturated carbocycles. The Kier molecular flexibility index (Phi) is 4.20. The van der Waals surface area contributed by atoms with E-state index in [2.05, 4.69) is 91.7 Å². The summed E-state index contributed by atoms with van der Waals surface area (Å²) in [7, 11) is 0. The number of benzene rings is 1. The third-order valence-electron chi connectivity index (χ3n) is 4.93. The monoisotopic (exact) mass is 385 g/mol. The first-order chi connectivity index (χ1) is 13.5. The van der Waals surface area contributed by atoms with Crippen molar-refractivity contribution in [2.45, 2.75) is 47.0 Å². The SMILES string of the molecule is CC(C)(C)C#Cc1cc(-c2ccnc3[nH]c(C(C)(C)C)cc23)cc2c(N)n[nH]c12. The fraction of sp³-hybridized carbons (Fsp3) is 0.333. The molecule has 0 aliphatic rings. The van der Waals surface area contributed by atoms with Gasteiger partial charge in [0, 0.05) is 33.5 Å². The van der Waals surface area contributed by atoms with Gasteiger partial charge in [-0.05, 0) is 56.2 Å². The lowest BCUT2D eigenvalue weighted by atomic mass is 9.91. The summed E-state index contributed by atoms with van der Waals surface area (Å²) in [5.41, 5.74) is 12.0. The number of nitrogens with one attached hydrogen (secondary N) is 2. The number of nitrogens with zero attached hydrogens (tertiary/aromatic N) is 2. The van der Waals surface area contributed by atoms with E-state index in [0.29, 0.717) is 5.82 Å². The van der Waals surface area contributed by atoms with Gasteiger partial charge < -0.3 is 10.7 Å². The van der Waals surface area contributed by atoms with Crippen LogP contribution < -0.4 is 5.73 Å². The van der Waals surface area contributed by atoms with Crippen LogP contribution in [0.5, 0.6) is 0 Å². The van der Waals surface area contributed by atoms with Crippen molar-refractivity contribution in [3.8, 4) is 23.0 Å². The molecule has 0 spiro atoms. The number of hydrogen-bond acceptors (Lipinski definition) is 3. The third kappa shape index (κ3) is 3.58.